The van der Waals surface area contributed by atoms with Crippen LogP contribution in [0, 0.1) is 5.92 Å². The molecule has 1 aromatic rings. The highest BCUT2D eigenvalue weighted by Crippen LogP contribution is 2.37. The normalized spacial score (nSPS) is 25.6. The van der Waals surface area contributed by atoms with E-state index in [2.05, 4.69) is 4.74 Å². The fourth-order valence-electron chi connectivity index (χ4n) is 1.88. The number of carbonyl (C=O) groups excluding carboxylic acids is 1. The summed E-state index contributed by atoms with van der Waals surface area (Å²) in [4.78, 5) is 12.5. The molecule has 4 heteroatoms. The minimum Gasteiger partial charge on any atom is -0.469 e. The minimum absolute atomic E-state index is 0.311. The zero-order chi connectivity index (χ0) is 10.1. The third-order valence-corrected chi connectivity index (χ3v) is 3.66. The van der Waals surface area contributed by atoms with Crippen LogP contribution in [0.15, 0.2) is 11.4 Å². The highest BCUT2D eigenvalue weighted by molar-refractivity contribution is 7.10. The molecule has 0 fully saturated rings. The van der Waals surface area contributed by atoms with Crippen LogP contribution in [0.4, 0.5) is 0 Å². The molecular weight excluding hydrogens is 200 g/mol. The monoisotopic (exact) mass is 212 g/mol. The summed E-state index contributed by atoms with van der Waals surface area (Å²) < 4.78 is 4.66. The Balaban J connectivity index is 2.25. The number of esters is 1. The zero-order valence-corrected chi connectivity index (χ0v) is 8.71. The lowest BCUT2D eigenvalue weighted by Gasteiger charge is -2.25. The van der Waals surface area contributed by atoms with Crippen molar-refractivity contribution in [2.45, 2.75) is 18.9 Å². The van der Waals surface area contributed by atoms with E-state index in [0.29, 0.717) is 6.42 Å². The molecule has 0 aromatic carbocycles. The minimum atomic E-state index is -0.683. The number of carbonyl (C=O) groups is 1. The Kier molecular flexibility index (Phi) is 2.56. The van der Waals surface area contributed by atoms with Crippen LogP contribution in [0.5, 0.6) is 0 Å². The van der Waals surface area contributed by atoms with Crippen molar-refractivity contribution in [3.63, 3.8) is 0 Å². The van der Waals surface area contributed by atoms with Gasteiger partial charge in [0.15, 0.2) is 0 Å². The fraction of sp³-hybridized carbons (Fsp3) is 0.500. The van der Waals surface area contributed by atoms with Gasteiger partial charge < -0.3 is 9.84 Å². The fourth-order valence-corrected chi connectivity index (χ4v) is 2.82. The maximum atomic E-state index is 11.3. The number of hydrogen-bond acceptors (Lipinski definition) is 4. The van der Waals surface area contributed by atoms with Gasteiger partial charge in [0.05, 0.1) is 19.1 Å². The number of methoxy groups -OCH3 is 1. The van der Waals surface area contributed by atoms with Gasteiger partial charge in [-0.05, 0) is 29.9 Å². The molecule has 0 saturated heterocycles. The van der Waals surface area contributed by atoms with E-state index in [0.717, 1.165) is 12.0 Å². The number of fused-ring (bicyclic) bond motifs is 1. The molecule has 2 atom stereocenters. The summed E-state index contributed by atoms with van der Waals surface area (Å²) in [5, 5.41) is 11.9. The smallest absolute Gasteiger partial charge is 0.311 e. The van der Waals surface area contributed by atoms with E-state index in [1.54, 1.807) is 11.3 Å². The number of rotatable bonds is 1. The number of ether oxygens (including phenoxy) is 1. The first kappa shape index (κ1) is 9.68. The van der Waals surface area contributed by atoms with Crippen LogP contribution in [-0.4, -0.2) is 18.2 Å². The summed E-state index contributed by atoms with van der Waals surface area (Å²) in [6.07, 6.45) is 0.864. The Hall–Kier alpha value is -0.870. The van der Waals surface area contributed by atoms with Crippen LogP contribution in [0.25, 0.3) is 0 Å². The van der Waals surface area contributed by atoms with Crippen LogP contribution in [-0.2, 0) is 16.0 Å². The Morgan fingerprint density at radius 3 is 3.21 bits per heavy atom. The molecule has 0 radical (unpaired) electrons. The van der Waals surface area contributed by atoms with Gasteiger partial charge in [-0.15, -0.1) is 11.3 Å². The summed E-state index contributed by atoms with van der Waals surface area (Å²) in [6.45, 7) is 0. The third-order valence-electron chi connectivity index (χ3n) is 2.67. The summed E-state index contributed by atoms with van der Waals surface area (Å²) in [6, 6.07) is 1.89. The number of aliphatic hydroxyl groups excluding tert-OH is 1. The maximum Gasteiger partial charge on any atom is 0.311 e. The average molecular weight is 212 g/mol. The lowest BCUT2D eigenvalue weighted by Crippen LogP contribution is -2.27. The molecule has 3 nitrogen and oxygen atoms in total. The molecule has 0 bridgehead atoms. The van der Waals surface area contributed by atoms with Crippen molar-refractivity contribution in [3.05, 3.63) is 21.9 Å². The van der Waals surface area contributed by atoms with Crippen LogP contribution >= 0.6 is 11.3 Å². The average Bonchev–Trinajstić information content (AvgIpc) is 2.66. The number of thiophene rings is 1. The van der Waals surface area contributed by atoms with Gasteiger partial charge in [-0.1, -0.05) is 0 Å². The standard InChI is InChI=1S/C10H12O3S/c1-13-10(12)7-2-3-8-6(9(7)11)4-5-14-8/h4-5,7,9,11H,2-3H2,1H3. The summed E-state index contributed by atoms with van der Waals surface area (Å²) in [5.41, 5.74) is 0.900. The molecular formula is C10H12O3S. The van der Waals surface area contributed by atoms with Crippen molar-refractivity contribution in [2.24, 2.45) is 5.92 Å². The molecule has 0 amide bonds. The SMILES string of the molecule is COC(=O)C1CCc2sccc2C1O. The molecule has 1 aromatic heterocycles. The molecule has 1 heterocycles. The van der Waals surface area contributed by atoms with Crippen LogP contribution in [0.2, 0.25) is 0 Å². The molecule has 2 rings (SSSR count). The zero-order valence-electron chi connectivity index (χ0n) is 7.90. The van der Waals surface area contributed by atoms with Gasteiger partial charge in [0.1, 0.15) is 0 Å². The highest BCUT2D eigenvalue weighted by Gasteiger charge is 2.34. The molecule has 1 aliphatic carbocycles. The lowest BCUT2D eigenvalue weighted by molar-refractivity contribution is -0.150. The second-order valence-corrected chi connectivity index (χ2v) is 4.41. The first-order valence-corrected chi connectivity index (χ1v) is 5.44. The highest BCUT2D eigenvalue weighted by atomic mass is 32.1. The van der Waals surface area contributed by atoms with Crippen molar-refractivity contribution in [2.75, 3.05) is 7.11 Å². The van der Waals surface area contributed by atoms with Crippen LogP contribution < -0.4 is 0 Å². The van der Waals surface area contributed by atoms with Crippen LogP contribution in [0.1, 0.15) is 23.0 Å². The van der Waals surface area contributed by atoms with Crippen molar-refractivity contribution in [3.8, 4) is 0 Å². The molecule has 2 unspecified atom stereocenters. The molecule has 1 N–H and O–H groups in total. The van der Waals surface area contributed by atoms with E-state index >= 15 is 0 Å². The summed E-state index contributed by atoms with van der Waals surface area (Å²) >= 11 is 1.64. The number of aliphatic hydroxyl groups is 1. The van der Waals surface area contributed by atoms with Crippen molar-refractivity contribution < 1.29 is 14.6 Å². The van der Waals surface area contributed by atoms with E-state index in [1.165, 1.54) is 12.0 Å². The van der Waals surface area contributed by atoms with Gasteiger partial charge >= 0.3 is 5.97 Å². The third kappa shape index (κ3) is 1.44. The van der Waals surface area contributed by atoms with Crippen LogP contribution in [0.3, 0.4) is 0 Å². The molecule has 0 spiro atoms. The maximum absolute atomic E-state index is 11.3. The predicted molar refractivity (Wildman–Crippen MR) is 53.1 cm³/mol. The molecule has 0 saturated carbocycles. The van der Waals surface area contributed by atoms with Crippen molar-refractivity contribution in [1.82, 2.24) is 0 Å². The van der Waals surface area contributed by atoms with Gasteiger partial charge in [-0.2, -0.15) is 0 Å². The van der Waals surface area contributed by atoms with Gasteiger partial charge in [-0.3, -0.25) is 4.79 Å². The number of aryl methyl sites for hydroxylation is 1. The molecule has 76 valence electrons. The second-order valence-electron chi connectivity index (χ2n) is 3.41. The Bertz CT molecular complexity index is 345. The van der Waals surface area contributed by atoms with Gasteiger partial charge in [0.2, 0.25) is 0 Å². The van der Waals surface area contributed by atoms with Gasteiger partial charge in [-0.25, -0.2) is 0 Å². The van der Waals surface area contributed by atoms with E-state index in [9.17, 15) is 9.90 Å². The molecule has 0 aliphatic heterocycles. The number of hydrogen-bond donors (Lipinski definition) is 1. The Labute approximate surface area is 86.3 Å². The second kappa shape index (κ2) is 3.71. The Morgan fingerprint density at radius 2 is 2.50 bits per heavy atom. The first-order valence-electron chi connectivity index (χ1n) is 4.56. The van der Waals surface area contributed by atoms with E-state index in [-0.39, 0.29) is 11.9 Å². The topological polar surface area (TPSA) is 46.5 Å². The van der Waals surface area contributed by atoms with Crippen molar-refractivity contribution >= 4 is 17.3 Å². The van der Waals surface area contributed by atoms with Crippen molar-refractivity contribution in [1.29, 1.82) is 0 Å². The quantitative estimate of drug-likeness (QED) is 0.718. The van der Waals surface area contributed by atoms with Gasteiger partial charge in [0, 0.05) is 4.88 Å². The van der Waals surface area contributed by atoms with Gasteiger partial charge in [0.25, 0.3) is 0 Å². The summed E-state index contributed by atoms with van der Waals surface area (Å²) in [7, 11) is 1.36. The molecule has 14 heavy (non-hydrogen) atoms. The van der Waals surface area contributed by atoms with E-state index in [4.69, 9.17) is 0 Å². The predicted octanol–water partition coefficient (Wildman–Crippen LogP) is 1.52. The largest absolute Gasteiger partial charge is 0.469 e. The van der Waals surface area contributed by atoms with E-state index < -0.39 is 6.10 Å². The summed E-state index contributed by atoms with van der Waals surface area (Å²) in [5.74, 6) is -0.698. The molecule has 1 aliphatic rings. The Morgan fingerprint density at radius 1 is 1.71 bits per heavy atom. The first-order chi connectivity index (χ1) is 6.74. The lowest BCUT2D eigenvalue weighted by atomic mass is 9.86. The van der Waals surface area contributed by atoms with E-state index in [1.807, 2.05) is 11.4 Å².